The first-order valence-electron chi connectivity index (χ1n) is 5.95. The predicted molar refractivity (Wildman–Crippen MR) is 75.9 cm³/mol. The highest BCUT2D eigenvalue weighted by Crippen LogP contribution is 2.19. The van der Waals surface area contributed by atoms with Crippen LogP contribution in [0.3, 0.4) is 0 Å². The van der Waals surface area contributed by atoms with Crippen LogP contribution in [0, 0.1) is 6.92 Å². The average molecular weight is 288 g/mol. The molecule has 6 nitrogen and oxygen atoms in total. The number of hydrogen-bond donors (Lipinski definition) is 2. The third-order valence-electron chi connectivity index (χ3n) is 2.87. The number of rotatable bonds is 3. The van der Waals surface area contributed by atoms with Gasteiger partial charge in [-0.1, -0.05) is 12.1 Å². The van der Waals surface area contributed by atoms with Crippen LogP contribution >= 0.6 is 0 Å². The van der Waals surface area contributed by atoms with Crippen molar-refractivity contribution in [1.82, 2.24) is 15.4 Å². The zero-order chi connectivity index (χ0) is 14.2. The Balaban J connectivity index is 1.96. The van der Waals surface area contributed by atoms with E-state index < -0.39 is 10.0 Å². The normalized spacial score (nSPS) is 11.7. The number of fused-ring (bicyclic) bond motifs is 1. The van der Waals surface area contributed by atoms with Crippen LogP contribution in [0.4, 0.5) is 5.69 Å². The molecule has 3 rings (SSSR count). The van der Waals surface area contributed by atoms with Gasteiger partial charge in [0.05, 0.1) is 10.6 Å². The molecule has 0 unspecified atom stereocenters. The summed E-state index contributed by atoms with van der Waals surface area (Å²) < 4.78 is 27.1. The van der Waals surface area contributed by atoms with E-state index in [-0.39, 0.29) is 4.90 Å². The number of sulfonamides is 1. The van der Waals surface area contributed by atoms with Gasteiger partial charge in [-0.05, 0) is 42.8 Å². The van der Waals surface area contributed by atoms with Crippen molar-refractivity contribution in [1.29, 1.82) is 0 Å². The fourth-order valence-corrected chi connectivity index (χ4v) is 3.05. The summed E-state index contributed by atoms with van der Waals surface area (Å²) in [6, 6.07) is 11.7. The fraction of sp³-hybridized carbons (Fsp3) is 0.0769. The summed E-state index contributed by atoms with van der Waals surface area (Å²) in [5, 5.41) is 10.3. The summed E-state index contributed by atoms with van der Waals surface area (Å²) in [6.07, 6.45) is 0. The quantitative estimate of drug-likeness (QED) is 0.772. The summed E-state index contributed by atoms with van der Waals surface area (Å²) in [5.41, 5.74) is 2.63. The molecule has 0 radical (unpaired) electrons. The number of H-pyrrole nitrogens is 1. The van der Waals surface area contributed by atoms with Gasteiger partial charge in [-0.25, -0.2) is 8.42 Å². The van der Waals surface area contributed by atoms with E-state index in [2.05, 4.69) is 20.1 Å². The van der Waals surface area contributed by atoms with E-state index in [9.17, 15) is 8.42 Å². The maximum absolute atomic E-state index is 12.3. The van der Waals surface area contributed by atoms with E-state index in [1.807, 2.05) is 13.0 Å². The highest BCUT2D eigenvalue weighted by atomic mass is 32.2. The molecule has 0 aliphatic heterocycles. The van der Waals surface area contributed by atoms with E-state index in [4.69, 9.17) is 0 Å². The van der Waals surface area contributed by atoms with Crippen molar-refractivity contribution in [2.24, 2.45) is 0 Å². The molecule has 3 aromatic rings. The van der Waals surface area contributed by atoms with Crippen LogP contribution < -0.4 is 4.72 Å². The van der Waals surface area contributed by atoms with Crippen LogP contribution in [0.2, 0.25) is 0 Å². The first kappa shape index (κ1) is 12.6. The van der Waals surface area contributed by atoms with Gasteiger partial charge in [-0.15, -0.1) is 0 Å². The van der Waals surface area contributed by atoms with Gasteiger partial charge in [0.15, 0.2) is 0 Å². The molecule has 0 spiro atoms. The predicted octanol–water partition coefficient (Wildman–Crippen LogP) is 2.07. The number of hydrogen-bond acceptors (Lipinski definition) is 4. The van der Waals surface area contributed by atoms with Crippen LogP contribution in [0.5, 0.6) is 0 Å². The molecule has 7 heteroatoms. The standard InChI is InChI=1S/C13H12N4O2S/c1-9-3-2-4-11(7-9)20(18,19)16-10-5-6-12-13(8-10)15-17-14-12/h2-8,16H,1H3,(H,14,15,17). The lowest BCUT2D eigenvalue weighted by atomic mass is 10.2. The monoisotopic (exact) mass is 288 g/mol. The van der Waals surface area contributed by atoms with Crippen molar-refractivity contribution in [3.05, 3.63) is 48.0 Å². The van der Waals surface area contributed by atoms with E-state index in [1.54, 1.807) is 36.4 Å². The van der Waals surface area contributed by atoms with Crippen molar-refractivity contribution in [3.63, 3.8) is 0 Å². The molecule has 0 saturated heterocycles. The van der Waals surface area contributed by atoms with Crippen LogP contribution in [0.25, 0.3) is 11.0 Å². The van der Waals surface area contributed by atoms with Crippen LogP contribution in [-0.4, -0.2) is 23.8 Å². The number of anilines is 1. The van der Waals surface area contributed by atoms with Gasteiger partial charge < -0.3 is 0 Å². The minimum absolute atomic E-state index is 0.234. The van der Waals surface area contributed by atoms with Gasteiger partial charge in [-0.3, -0.25) is 4.72 Å². The molecule has 0 atom stereocenters. The van der Waals surface area contributed by atoms with Gasteiger partial charge >= 0.3 is 0 Å². The molecule has 2 N–H and O–H groups in total. The molecule has 0 saturated carbocycles. The Morgan fingerprint density at radius 1 is 1.05 bits per heavy atom. The third-order valence-corrected chi connectivity index (χ3v) is 4.25. The van der Waals surface area contributed by atoms with Crippen molar-refractivity contribution in [2.45, 2.75) is 11.8 Å². The molecular weight excluding hydrogens is 276 g/mol. The van der Waals surface area contributed by atoms with Crippen LogP contribution in [0.15, 0.2) is 47.4 Å². The Kier molecular flexibility index (Phi) is 2.90. The van der Waals surface area contributed by atoms with Gasteiger partial charge in [0.2, 0.25) is 0 Å². The number of nitrogens with one attached hydrogen (secondary N) is 2. The lowest BCUT2D eigenvalue weighted by Gasteiger charge is -2.08. The van der Waals surface area contributed by atoms with E-state index in [0.717, 1.165) is 5.56 Å². The molecule has 0 aliphatic rings. The number of benzene rings is 2. The Morgan fingerprint density at radius 2 is 1.85 bits per heavy atom. The number of aromatic amines is 1. The molecule has 0 bridgehead atoms. The fourth-order valence-electron chi connectivity index (χ4n) is 1.90. The number of nitrogens with zero attached hydrogens (tertiary/aromatic N) is 2. The topological polar surface area (TPSA) is 87.7 Å². The van der Waals surface area contributed by atoms with Gasteiger partial charge in [0, 0.05) is 0 Å². The first-order valence-corrected chi connectivity index (χ1v) is 7.43. The van der Waals surface area contributed by atoms with Crippen LogP contribution in [0.1, 0.15) is 5.56 Å². The Bertz CT molecular complexity index is 871. The van der Waals surface area contributed by atoms with E-state index >= 15 is 0 Å². The van der Waals surface area contributed by atoms with Crippen LogP contribution in [-0.2, 0) is 10.0 Å². The van der Waals surface area contributed by atoms with Gasteiger partial charge in [0.25, 0.3) is 10.0 Å². The summed E-state index contributed by atoms with van der Waals surface area (Å²) in [6.45, 7) is 1.85. The second-order valence-corrected chi connectivity index (χ2v) is 6.13. The van der Waals surface area contributed by atoms with Crippen molar-refractivity contribution < 1.29 is 8.42 Å². The largest absolute Gasteiger partial charge is 0.280 e. The molecular formula is C13H12N4O2S. The van der Waals surface area contributed by atoms with E-state index in [0.29, 0.717) is 16.7 Å². The zero-order valence-electron chi connectivity index (χ0n) is 10.7. The Morgan fingerprint density at radius 3 is 2.65 bits per heavy atom. The molecule has 0 fully saturated rings. The van der Waals surface area contributed by atoms with Crippen molar-refractivity contribution in [3.8, 4) is 0 Å². The zero-order valence-corrected chi connectivity index (χ0v) is 11.5. The average Bonchev–Trinajstić information content (AvgIpc) is 2.85. The number of aromatic nitrogens is 3. The summed E-state index contributed by atoms with van der Waals surface area (Å²) in [5.74, 6) is 0. The molecule has 1 heterocycles. The molecule has 2 aromatic carbocycles. The SMILES string of the molecule is Cc1cccc(S(=O)(=O)Nc2ccc3n[nH]nc3c2)c1. The van der Waals surface area contributed by atoms with E-state index in [1.165, 1.54) is 0 Å². The maximum atomic E-state index is 12.3. The Labute approximate surface area is 115 Å². The second-order valence-electron chi connectivity index (χ2n) is 4.45. The van der Waals surface area contributed by atoms with Crippen molar-refractivity contribution in [2.75, 3.05) is 4.72 Å². The second kappa shape index (κ2) is 4.61. The molecule has 0 amide bonds. The third kappa shape index (κ3) is 2.35. The Hall–Kier alpha value is -2.41. The smallest absolute Gasteiger partial charge is 0.261 e. The molecule has 0 aliphatic carbocycles. The van der Waals surface area contributed by atoms with Gasteiger partial charge in [0.1, 0.15) is 11.0 Å². The van der Waals surface area contributed by atoms with Crippen molar-refractivity contribution >= 4 is 26.7 Å². The number of aryl methyl sites for hydroxylation is 1. The summed E-state index contributed by atoms with van der Waals surface area (Å²) in [4.78, 5) is 0.234. The maximum Gasteiger partial charge on any atom is 0.261 e. The summed E-state index contributed by atoms with van der Waals surface area (Å²) >= 11 is 0. The lowest BCUT2D eigenvalue weighted by Crippen LogP contribution is -2.12. The molecule has 20 heavy (non-hydrogen) atoms. The van der Waals surface area contributed by atoms with Gasteiger partial charge in [-0.2, -0.15) is 15.4 Å². The first-order chi connectivity index (χ1) is 9.54. The highest BCUT2D eigenvalue weighted by molar-refractivity contribution is 7.92. The highest BCUT2D eigenvalue weighted by Gasteiger charge is 2.14. The summed E-state index contributed by atoms with van der Waals surface area (Å²) in [7, 11) is -3.60. The lowest BCUT2D eigenvalue weighted by molar-refractivity contribution is 0.601. The molecule has 1 aromatic heterocycles. The molecule has 102 valence electrons. The minimum atomic E-state index is -3.60. The minimum Gasteiger partial charge on any atom is -0.280 e.